The number of hydrogen-bond acceptors (Lipinski definition) is 5. The number of aryl methyl sites for hydroxylation is 1. The maximum Gasteiger partial charge on any atom is 0.295 e. The molecule has 8 nitrogen and oxygen atoms in total. The first kappa shape index (κ1) is 22.5. The number of benzene rings is 1. The van der Waals surface area contributed by atoms with Crippen LogP contribution in [-0.4, -0.2) is 59.8 Å². The predicted molar refractivity (Wildman–Crippen MR) is 122 cm³/mol. The van der Waals surface area contributed by atoms with E-state index in [0.717, 1.165) is 4.90 Å². The summed E-state index contributed by atoms with van der Waals surface area (Å²) in [7, 11) is 3.96. The van der Waals surface area contributed by atoms with Crippen molar-refractivity contribution in [3.05, 3.63) is 71.2 Å². The van der Waals surface area contributed by atoms with Crippen molar-refractivity contribution < 1.29 is 24.3 Å². The second-order valence-electron chi connectivity index (χ2n) is 8.41. The molecule has 1 unspecified atom stereocenters. The molecular weight excluding hydrogens is 420 g/mol. The summed E-state index contributed by atoms with van der Waals surface area (Å²) < 4.78 is 7.20. The molecule has 3 heterocycles. The van der Waals surface area contributed by atoms with Gasteiger partial charge in [-0.25, -0.2) is 4.98 Å². The van der Waals surface area contributed by atoms with Crippen LogP contribution in [-0.2, 0) is 9.59 Å². The van der Waals surface area contributed by atoms with E-state index in [-0.39, 0.29) is 5.57 Å². The van der Waals surface area contributed by atoms with Gasteiger partial charge in [0.05, 0.1) is 51.2 Å². The standard InChI is InChI=1S/C25H28N4O4/c1-5-33-18-11-9-17(10-12-18)22-20(24(31)25(32)29(22)15-14-27(3)4)23(30)21-16(2)26-19-8-6-7-13-28(19)21/h6-13,22,30H,5,14-15H2,1-4H3. The summed E-state index contributed by atoms with van der Waals surface area (Å²) >= 11 is 0. The largest absolute Gasteiger partial charge is 0.871 e. The average Bonchev–Trinajstić information content (AvgIpc) is 3.26. The summed E-state index contributed by atoms with van der Waals surface area (Å²) in [5.74, 6) is -1.18. The number of quaternary nitrogens is 1. The molecule has 1 saturated heterocycles. The number of amides is 1. The van der Waals surface area contributed by atoms with E-state index in [9.17, 15) is 14.7 Å². The number of pyridine rings is 1. The Morgan fingerprint density at radius 2 is 1.88 bits per heavy atom. The first-order valence-corrected chi connectivity index (χ1v) is 11.1. The van der Waals surface area contributed by atoms with Gasteiger partial charge in [0.2, 0.25) is 5.78 Å². The molecule has 1 amide bonds. The van der Waals surface area contributed by atoms with Crippen molar-refractivity contribution in [1.82, 2.24) is 14.3 Å². The second-order valence-corrected chi connectivity index (χ2v) is 8.41. The van der Waals surface area contributed by atoms with Crippen LogP contribution in [0, 0.1) is 6.92 Å². The van der Waals surface area contributed by atoms with Crippen LogP contribution < -0.4 is 14.7 Å². The third-order valence-corrected chi connectivity index (χ3v) is 5.81. The molecule has 1 fully saturated rings. The number of fused-ring (bicyclic) bond motifs is 1. The third kappa shape index (κ3) is 4.09. The van der Waals surface area contributed by atoms with Gasteiger partial charge in [-0.3, -0.25) is 9.59 Å². The summed E-state index contributed by atoms with van der Waals surface area (Å²) in [6, 6.07) is 11.9. The molecule has 0 radical (unpaired) electrons. The van der Waals surface area contributed by atoms with E-state index >= 15 is 0 Å². The van der Waals surface area contributed by atoms with Gasteiger partial charge in [-0.2, -0.15) is 0 Å². The van der Waals surface area contributed by atoms with E-state index in [0.29, 0.717) is 48.0 Å². The van der Waals surface area contributed by atoms with Gasteiger partial charge in [0.15, 0.2) is 0 Å². The van der Waals surface area contributed by atoms with E-state index in [4.69, 9.17) is 4.74 Å². The molecule has 1 aromatic carbocycles. The zero-order chi connectivity index (χ0) is 23.7. The minimum absolute atomic E-state index is 0.0355. The van der Waals surface area contributed by atoms with Crippen molar-refractivity contribution in [2.75, 3.05) is 33.8 Å². The van der Waals surface area contributed by atoms with Crippen LogP contribution >= 0.6 is 0 Å². The first-order chi connectivity index (χ1) is 15.8. The molecule has 0 spiro atoms. The normalized spacial score (nSPS) is 18.0. The van der Waals surface area contributed by atoms with Crippen molar-refractivity contribution >= 4 is 23.1 Å². The Hall–Kier alpha value is -3.65. The van der Waals surface area contributed by atoms with E-state index in [2.05, 4.69) is 4.98 Å². The lowest BCUT2D eigenvalue weighted by atomic mass is 9.96. The monoisotopic (exact) mass is 448 g/mol. The number of hydrogen-bond donors (Lipinski definition) is 1. The van der Waals surface area contributed by atoms with Crippen molar-refractivity contribution in [3.63, 3.8) is 0 Å². The number of likely N-dealkylation sites (tertiary alicyclic amines) is 1. The van der Waals surface area contributed by atoms with Crippen LogP contribution in [0.5, 0.6) is 5.75 Å². The Labute approximate surface area is 192 Å². The molecule has 1 aliphatic rings. The fraction of sp³-hybridized carbons (Fsp3) is 0.320. The number of ketones is 1. The Balaban J connectivity index is 1.88. The van der Waals surface area contributed by atoms with Crippen molar-refractivity contribution in [3.8, 4) is 5.75 Å². The SMILES string of the molecule is CCOc1ccc(C2C(=C([O-])c3c(C)nc4ccccn34)C(=O)C(=O)N2CC[NH+](C)C)cc1. The van der Waals surface area contributed by atoms with E-state index in [1.807, 2.05) is 39.2 Å². The zero-order valence-corrected chi connectivity index (χ0v) is 19.3. The molecule has 1 aliphatic heterocycles. The second kappa shape index (κ2) is 9.07. The van der Waals surface area contributed by atoms with Crippen LogP contribution in [0.15, 0.2) is 54.2 Å². The van der Waals surface area contributed by atoms with Crippen LogP contribution in [0.1, 0.15) is 29.9 Å². The van der Waals surface area contributed by atoms with Crippen molar-refractivity contribution in [1.29, 1.82) is 0 Å². The van der Waals surface area contributed by atoms with Gasteiger partial charge < -0.3 is 24.0 Å². The summed E-state index contributed by atoms with van der Waals surface area (Å²) in [5, 5.41) is 13.8. The average molecular weight is 449 g/mol. The van der Waals surface area contributed by atoms with Crippen LogP contribution in [0.3, 0.4) is 0 Å². The van der Waals surface area contributed by atoms with Crippen molar-refractivity contribution in [2.45, 2.75) is 19.9 Å². The van der Waals surface area contributed by atoms with Gasteiger partial charge in [-0.1, -0.05) is 24.0 Å². The summed E-state index contributed by atoms with van der Waals surface area (Å²) in [5.41, 5.74) is 2.09. The minimum Gasteiger partial charge on any atom is -0.871 e. The summed E-state index contributed by atoms with van der Waals surface area (Å²) in [6.07, 6.45) is 1.74. The number of carbonyl (C=O) groups is 2. The number of Topliss-reactive ketones (excluding diaryl/α,β-unsaturated/α-hetero) is 1. The molecule has 2 aromatic heterocycles. The molecule has 0 saturated carbocycles. The first-order valence-electron chi connectivity index (χ1n) is 11.1. The molecule has 1 atom stereocenters. The van der Waals surface area contributed by atoms with Gasteiger partial charge in [0, 0.05) is 11.8 Å². The van der Waals surface area contributed by atoms with Crippen LogP contribution in [0.2, 0.25) is 0 Å². The maximum atomic E-state index is 13.8. The predicted octanol–water partition coefficient (Wildman–Crippen LogP) is 0.410. The molecule has 1 N–H and O–H groups in total. The van der Waals surface area contributed by atoms with E-state index in [1.54, 1.807) is 41.8 Å². The van der Waals surface area contributed by atoms with E-state index in [1.165, 1.54) is 4.90 Å². The number of likely N-dealkylation sites (N-methyl/N-ethyl adjacent to an activating group) is 1. The number of aromatic nitrogens is 2. The smallest absolute Gasteiger partial charge is 0.295 e. The maximum absolute atomic E-state index is 13.8. The number of imidazole rings is 1. The van der Waals surface area contributed by atoms with Gasteiger partial charge in [0.1, 0.15) is 11.4 Å². The molecule has 4 rings (SSSR count). The van der Waals surface area contributed by atoms with E-state index < -0.39 is 23.5 Å². The fourth-order valence-electron chi connectivity index (χ4n) is 4.22. The number of carbonyl (C=O) groups excluding carboxylic acids is 2. The minimum atomic E-state index is -0.763. The quantitative estimate of drug-likeness (QED) is 0.321. The van der Waals surface area contributed by atoms with Gasteiger partial charge >= 0.3 is 0 Å². The number of nitrogens with one attached hydrogen (secondary N) is 1. The highest BCUT2D eigenvalue weighted by molar-refractivity contribution is 6.46. The number of rotatable bonds is 7. The molecule has 3 aromatic rings. The molecule has 0 bridgehead atoms. The highest BCUT2D eigenvalue weighted by Gasteiger charge is 2.44. The van der Waals surface area contributed by atoms with Crippen molar-refractivity contribution in [2.24, 2.45) is 0 Å². The van der Waals surface area contributed by atoms with Gasteiger partial charge in [0.25, 0.3) is 5.91 Å². The van der Waals surface area contributed by atoms with Gasteiger partial charge in [-0.15, -0.1) is 0 Å². The summed E-state index contributed by atoms with van der Waals surface area (Å²) in [6.45, 7) is 5.16. The lowest BCUT2D eigenvalue weighted by molar-refractivity contribution is -0.857. The Kier molecular flexibility index (Phi) is 6.20. The Morgan fingerprint density at radius 1 is 1.15 bits per heavy atom. The zero-order valence-electron chi connectivity index (χ0n) is 19.3. The molecule has 0 aliphatic carbocycles. The van der Waals surface area contributed by atoms with Gasteiger partial charge in [-0.05, 0) is 43.7 Å². The number of nitrogens with zero attached hydrogens (tertiary/aromatic N) is 3. The highest BCUT2D eigenvalue weighted by Crippen LogP contribution is 2.39. The molecule has 8 heteroatoms. The Morgan fingerprint density at radius 3 is 2.55 bits per heavy atom. The van der Waals surface area contributed by atoms with Crippen LogP contribution in [0.4, 0.5) is 0 Å². The lowest BCUT2D eigenvalue weighted by Crippen LogP contribution is -3.06. The summed E-state index contributed by atoms with van der Waals surface area (Å²) in [4.78, 5) is 33.3. The fourth-order valence-corrected chi connectivity index (χ4v) is 4.22. The topological polar surface area (TPSA) is 91.4 Å². The molecular formula is C25H28N4O4. The molecule has 33 heavy (non-hydrogen) atoms. The third-order valence-electron chi connectivity index (χ3n) is 5.81. The highest BCUT2D eigenvalue weighted by atomic mass is 16.5. The Bertz CT molecular complexity index is 1230. The van der Waals surface area contributed by atoms with Crippen LogP contribution in [0.25, 0.3) is 11.4 Å². The lowest BCUT2D eigenvalue weighted by Gasteiger charge is -2.27. The molecule has 172 valence electrons. The number of ether oxygens (including phenoxy) is 1.